The Bertz CT molecular complexity index is 328. The summed E-state index contributed by atoms with van der Waals surface area (Å²) in [6.45, 7) is 1.52. The van der Waals surface area contributed by atoms with Crippen molar-refractivity contribution in [3.05, 3.63) is 24.4 Å². The predicted molar refractivity (Wildman–Crippen MR) is 54.1 cm³/mol. The van der Waals surface area contributed by atoms with Crippen LogP contribution in [-0.4, -0.2) is 28.8 Å². The summed E-state index contributed by atoms with van der Waals surface area (Å²) in [5, 5.41) is 10.1. The number of nitrogens with zero attached hydrogens (tertiary/aromatic N) is 2. The average molecular weight is 190 g/mol. The van der Waals surface area contributed by atoms with E-state index < -0.39 is 5.60 Å². The summed E-state index contributed by atoms with van der Waals surface area (Å²) < 4.78 is 0. The molecule has 74 valence electrons. The van der Waals surface area contributed by atoms with Crippen LogP contribution in [0.1, 0.15) is 12.8 Å². The van der Waals surface area contributed by atoms with Crippen molar-refractivity contribution in [2.75, 3.05) is 18.0 Å². The molecule has 1 saturated carbocycles. The summed E-state index contributed by atoms with van der Waals surface area (Å²) in [6.07, 6.45) is 4.20. The number of rotatable bonds is 2. The lowest BCUT2D eigenvalue weighted by molar-refractivity contribution is -0.00973. The second kappa shape index (κ2) is 2.70. The molecule has 14 heavy (non-hydrogen) atoms. The van der Waals surface area contributed by atoms with E-state index in [0.29, 0.717) is 5.92 Å². The van der Waals surface area contributed by atoms with Gasteiger partial charge in [0, 0.05) is 6.20 Å². The van der Waals surface area contributed by atoms with Crippen LogP contribution in [0.2, 0.25) is 0 Å². The third kappa shape index (κ3) is 1.20. The Kier molecular flexibility index (Phi) is 1.59. The number of β-amino-alcohol motifs (C(OH)–C–C–N with tert-alkyl or cyclic N) is 1. The summed E-state index contributed by atoms with van der Waals surface area (Å²) >= 11 is 0. The van der Waals surface area contributed by atoms with E-state index in [0.717, 1.165) is 18.9 Å². The molecule has 2 aliphatic rings. The average Bonchev–Trinajstić information content (AvgIpc) is 2.98. The SMILES string of the molecule is OC1(C2CC2)CN(c2ccccn2)C1. The monoisotopic (exact) mass is 190 g/mol. The molecule has 0 amide bonds. The van der Waals surface area contributed by atoms with Crippen LogP contribution >= 0.6 is 0 Å². The fourth-order valence-corrected chi connectivity index (χ4v) is 2.20. The van der Waals surface area contributed by atoms with Crippen molar-refractivity contribution in [3.63, 3.8) is 0 Å². The van der Waals surface area contributed by atoms with E-state index in [4.69, 9.17) is 0 Å². The smallest absolute Gasteiger partial charge is 0.128 e. The molecular weight excluding hydrogens is 176 g/mol. The zero-order valence-corrected chi connectivity index (χ0v) is 8.06. The van der Waals surface area contributed by atoms with Crippen molar-refractivity contribution < 1.29 is 5.11 Å². The second-order valence-corrected chi connectivity index (χ2v) is 4.42. The first-order valence-electron chi connectivity index (χ1n) is 5.16. The van der Waals surface area contributed by atoms with E-state index in [9.17, 15) is 5.11 Å². The van der Waals surface area contributed by atoms with Crippen molar-refractivity contribution in [3.8, 4) is 0 Å². The molecule has 0 spiro atoms. The largest absolute Gasteiger partial charge is 0.386 e. The molecule has 1 N–H and O–H groups in total. The van der Waals surface area contributed by atoms with Crippen LogP contribution in [0.15, 0.2) is 24.4 Å². The number of aromatic nitrogens is 1. The lowest BCUT2D eigenvalue weighted by atomic mass is 9.89. The predicted octanol–water partition coefficient (Wildman–Crippen LogP) is 1.04. The van der Waals surface area contributed by atoms with Gasteiger partial charge in [-0.2, -0.15) is 0 Å². The lowest BCUT2D eigenvalue weighted by Crippen LogP contribution is -2.63. The van der Waals surface area contributed by atoms with Gasteiger partial charge in [-0.1, -0.05) is 6.07 Å². The van der Waals surface area contributed by atoms with Crippen molar-refractivity contribution >= 4 is 5.82 Å². The van der Waals surface area contributed by atoms with E-state index in [2.05, 4.69) is 9.88 Å². The molecule has 0 aromatic carbocycles. The van der Waals surface area contributed by atoms with Crippen LogP contribution in [0.3, 0.4) is 0 Å². The van der Waals surface area contributed by atoms with E-state index in [1.165, 1.54) is 12.8 Å². The Labute approximate surface area is 83.4 Å². The van der Waals surface area contributed by atoms with Gasteiger partial charge in [0.1, 0.15) is 11.4 Å². The molecule has 1 aliphatic heterocycles. The highest BCUT2D eigenvalue weighted by Gasteiger charge is 2.52. The molecule has 3 nitrogen and oxygen atoms in total. The second-order valence-electron chi connectivity index (χ2n) is 4.42. The third-order valence-electron chi connectivity index (χ3n) is 3.24. The fourth-order valence-electron chi connectivity index (χ4n) is 2.20. The number of aliphatic hydroxyl groups is 1. The van der Waals surface area contributed by atoms with Gasteiger partial charge in [0.25, 0.3) is 0 Å². The number of hydrogen-bond donors (Lipinski definition) is 1. The topological polar surface area (TPSA) is 36.4 Å². The van der Waals surface area contributed by atoms with E-state index in [-0.39, 0.29) is 0 Å². The first-order chi connectivity index (χ1) is 6.78. The summed E-state index contributed by atoms with van der Waals surface area (Å²) in [6, 6.07) is 5.89. The van der Waals surface area contributed by atoms with Crippen molar-refractivity contribution in [1.82, 2.24) is 4.98 Å². The van der Waals surface area contributed by atoms with Crippen LogP contribution in [0.4, 0.5) is 5.82 Å². The van der Waals surface area contributed by atoms with Gasteiger partial charge >= 0.3 is 0 Å². The molecule has 1 aromatic rings. The van der Waals surface area contributed by atoms with E-state index >= 15 is 0 Å². The molecule has 3 rings (SSSR count). The van der Waals surface area contributed by atoms with Gasteiger partial charge in [0.15, 0.2) is 0 Å². The minimum atomic E-state index is -0.405. The van der Waals surface area contributed by atoms with Gasteiger partial charge < -0.3 is 10.0 Å². The minimum absolute atomic E-state index is 0.405. The highest BCUT2D eigenvalue weighted by atomic mass is 16.3. The normalized spacial score (nSPS) is 24.5. The highest BCUT2D eigenvalue weighted by molar-refractivity contribution is 5.44. The van der Waals surface area contributed by atoms with Gasteiger partial charge in [-0.25, -0.2) is 4.98 Å². The Morgan fingerprint density at radius 3 is 2.71 bits per heavy atom. The molecular formula is C11H14N2O. The molecule has 0 unspecified atom stereocenters. The van der Waals surface area contributed by atoms with Crippen molar-refractivity contribution in [2.24, 2.45) is 5.92 Å². The molecule has 2 heterocycles. The zero-order chi connectivity index (χ0) is 9.60. The van der Waals surface area contributed by atoms with Gasteiger partial charge in [-0.15, -0.1) is 0 Å². The van der Waals surface area contributed by atoms with Crippen molar-refractivity contribution in [1.29, 1.82) is 0 Å². The van der Waals surface area contributed by atoms with E-state index in [1.807, 2.05) is 18.2 Å². The minimum Gasteiger partial charge on any atom is -0.386 e. The Balaban J connectivity index is 1.69. The fraction of sp³-hybridized carbons (Fsp3) is 0.545. The van der Waals surface area contributed by atoms with Gasteiger partial charge in [0.05, 0.1) is 13.1 Å². The maximum absolute atomic E-state index is 10.1. The van der Waals surface area contributed by atoms with Crippen LogP contribution in [0.5, 0.6) is 0 Å². The maximum Gasteiger partial charge on any atom is 0.128 e. The molecule has 1 aromatic heterocycles. The van der Waals surface area contributed by atoms with E-state index in [1.54, 1.807) is 6.20 Å². The first kappa shape index (κ1) is 8.24. The van der Waals surface area contributed by atoms with Crippen LogP contribution in [-0.2, 0) is 0 Å². The summed E-state index contributed by atoms with van der Waals surface area (Å²) in [4.78, 5) is 6.40. The number of anilines is 1. The Hall–Kier alpha value is -1.09. The van der Waals surface area contributed by atoms with Crippen LogP contribution in [0, 0.1) is 5.92 Å². The van der Waals surface area contributed by atoms with Gasteiger partial charge in [-0.3, -0.25) is 0 Å². The number of hydrogen-bond acceptors (Lipinski definition) is 3. The number of pyridine rings is 1. The molecule has 3 heteroatoms. The Morgan fingerprint density at radius 1 is 1.36 bits per heavy atom. The summed E-state index contributed by atoms with van der Waals surface area (Å²) in [5.41, 5.74) is -0.405. The lowest BCUT2D eigenvalue weighted by Gasteiger charge is -2.47. The summed E-state index contributed by atoms with van der Waals surface area (Å²) in [7, 11) is 0. The molecule has 2 fully saturated rings. The first-order valence-corrected chi connectivity index (χ1v) is 5.16. The zero-order valence-electron chi connectivity index (χ0n) is 8.06. The molecule has 0 atom stereocenters. The molecule has 1 saturated heterocycles. The van der Waals surface area contributed by atoms with Crippen molar-refractivity contribution in [2.45, 2.75) is 18.4 Å². The highest BCUT2D eigenvalue weighted by Crippen LogP contribution is 2.45. The van der Waals surface area contributed by atoms with Gasteiger partial charge in [-0.05, 0) is 30.9 Å². The quantitative estimate of drug-likeness (QED) is 0.757. The maximum atomic E-state index is 10.1. The molecule has 0 radical (unpaired) electrons. The molecule has 1 aliphatic carbocycles. The Morgan fingerprint density at radius 2 is 2.14 bits per heavy atom. The molecule has 0 bridgehead atoms. The van der Waals surface area contributed by atoms with Crippen LogP contribution in [0.25, 0.3) is 0 Å². The third-order valence-corrected chi connectivity index (χ3v) is 3.24. The summed E-state index contributed by atoms with van der Waals surface area (Å²) in [5.74, 6) is 1.54. The standard InChI is InChI=1S/C11H14N2O/c14-11(9-4-5-9)7-13(8-11)10-3-1-2-6-12-10/h1-3,6,9,14H,4-5,7-8H2. The van der Waals surface area contributed by atoms with Crippen LogP contribution < -0.4 is 4.90 Å². The van der Waals surface area contributed by atoms with Gasteiger partial charge in [0.2, 0.25) is 0 Å².